The Labute approximate surface area is 131 Å². The summed E-state index contributed by atoms with van der Waals surface area (Å²) in [6.45, 7) is 1.67. The maximum Gasteiger partial charge on any atom is 0.147 e. The van der Waals surface area contributed by atoms with Crippen molar-refractivity contribution < 1.29 is 13.2 Å². The van der Waals surface area contributed by atoms with E-state index in [9.17, 15) is 13.2 Å². The van der Waals surface area contributed by atoms with E-state index in [0.29, 0.717) is 10.0 Å². The lowest BCUT2D eigenvalue weighted by molar-refractivity contribution is 0.587. The van der Waals surface area contributed by atoms with E-state index in [0.717, 1.165) is 12.1 Å². The van der Waals surface area contributed by atoms with Crippen LogP contribution >= 0.6 is 31.9 Å². The fourth-order valence-corrected chi connectivity index (χ4v) is 2.48. The Balaban J connectivity index is 2.30. The van der Waals surface area contributed by atoms with Crippen molar-refractivity contribution in [2.45, 2.75) is 13.0 Å². The lowest BCUT2D eigenvalue weighted by atomic mass is 10.1. The Bertz CT molecular complexity index is 647. The van der Waals surface area contributed by atoms with Gasteiger partial charge in [-0.1, -0.05) is 15.9 Å². The molecule has 0 heterocycles. The molecule has 0 bridgehead atoms. The SMILES string of the molecule is CC(Nc1cc(F)c(Br)cc1F)c1cc(Br)ccc1F. The molecule has 106 valence electrons. The number of hydrogen-bond acceptors (Lipinski definition) is 1. The van der Waals surface area contributed by atoms with Crippen LogP contribution in [-0.4, -0.2) is 0 Å². The molecule has 2 aromatic carbocycles. The second-order valence-electron chi connectivity index (χ2n) is 4.28. The third-order valence-corrected chi connectivity index (χ3v) is 3.91. The molecule has 1 atom stereocenters. The lowest BCUT2D eigenvalue weighted by Gasteiger charge is -2.17. The maximum atomic E-state index is 13.7. The lowest BCUT2D eigenvalue weighted by Crippen LogP contribution is -2.10. The minimum absolute atomic E-state index is 0.0161. The van der Waals surface area contributed by atoms with Crippen molar-refractivity contribution in [3.05, 3.63) is 62.3 Å². The molecular formula is C14H10Br2F3N. The number of nitrogens with one attached hydrogen (secondary N) is 1. The molecule has 1 unspecified atom stereocenters. The van der Waals surface area contributed by atoms with Gasteiger partial charge in [-0.15, -0.1) is 0 Å². The smallest absolute Gasteiger partial charge is 0.147 e. The molecular weight excluding hydrogens is 399 g/mol. The van der Waals surface area contributed by atoms with Crippen molar-refractivity contribution in [1.29, 1.82) is 0 Å². The molecule has 1 N–H and O–H groups in total. The van der Waals surface area contributed by atoms with Gasteiger partial charge in [0.25, 0.3) is 0 Å². The van der Waals surface area contributed by atoms with E-state index in [-0.39, 0.29) is 10.2 Å². The molecule has 0 aliphatic heterocycles. The highest BCUT2D eigenvalue weighted by molar-refractivity contribution is 9.10. The first-order valence-electron chi connectivity index (χ1n) is 5.74. The van der Waals surface area contributed by atoms with E-state index >= 15 is 0 Å². The van der Waals surface area contributed by atoms with Gasteiger partial charge in [0, 0.05) is 16.1 Å². The highest BCUT2D eigenvalue weighted by atomic mass is 79.9. The average molecular weight is 409 g/mol. The number of halogens is 5. The molecule has 20 heavy (non-hydrogen) atoms. The number of benzene rings is 2. The van der Waals surface area contributed by atoms with Crippen LogP contribution in [0.15, 0.2) is 39.3 Å². The van der Waals surface area contributed by atoms with E-state index in [1.807, 2.05) is 0 Å². The van der Waals surface area contributed by atoms with Crippen molar-refractivity contribution in [2.24, 2.45) is 0 Å². The molecule has 0 aliphatic carbocycles. The topological polar surface area (TPSA) is 12.0 Å². The summed E-state index contributed by atoms with van der Waals surface area (Å²) in [6.07, 6.45) is 0. The standard InChI is InChI=1S/C14H10Br2F3N/c1-7(9-4-8(15)2-3-11(9)17)20-14-6-12(18)10(16)5-13(14)19/h2-7,20H,1H3. The molecule has 0 fully saturated rings. The van der Waals surface area contributed by atoms with Crippen LogP contribution in [0.5, 0.6) is 0 Å². The predicted molar refractivity (Wildman–Crippen MR) is 80.2 cm³/mol. The quantitative estimate of drug-likeness (QED) is 0.632. The summed E-state index contributed by atoms with van der Waals surface area (Å²) >= 11 is 6.15. The minimum Gasteiger partial charge on any atom is -0.376 e. The molecule has 0 aliphatic rings. The number of hydrogen-bond donors (Lipinski definition) is 1. The highest BCUT2D eigenvalue weighted by Gasteiger charge is 2.15. The van der Waals surface area contributed by atoms with Crippen LogP contribution < -0.4 is 5.32 Å². The zero-order valence-corrected chi connectivity index (χ0v) is 13.5. The summed E-state index contributed by atoms with van der Waals surface area (Å²) in [6, 6.07) is 6.04. The summed E-state index contributed by atoms with van der Waals surface area (Å²) < 4.78 is 41.6. The van der Waals surface area contributed by atoms with Gasteiger partial charge in [-0.25, -0.2) is 13.2 Å². The van der Waals surface area contributed by atoms with Gasteiger partial charge in [0.1, 0.15) is 17.5 Å². The Morgan fingerprint density at radius 3 is 2.35 bits per heavy atom. The predicted octanol–water partition coefficient (Wildman–Crippen LogP) is 5.80. The monoisotopic (exact) mass is 407 g/mol. The van der Waals surface area contributed by atoms with Gasteiger partial charge in [-0.3, -0.25) is 0 Å². The molecule has 0 spiro atoms. The third-order valence-electron chi connectivity index (χ3n) is 2.81. The van der Waals surface area contributed by atoms with Gasteiger partial charge in [0.05, 0.1) is 16.2 Å². The average Bonchev–Trinajstić information content (AvgIpc) is 2.38. The molecule has 0 radical (unpaired) electrons. The first kappa shape index (κ1) is 15.4. The normalized spacial score (nSPS) is 12.3. The third kappa shape index (κ3) is 3.35. The van der Waals surface area contributed by atoms with Crippen LogP contribution in [0.3, 0.4) is 0 Å². The van der Waals surface area contributed by atoms with Crippen molar-refractivity contribution in [2.75, 3.05) is 5.32 Å². The second kappa shape index (κ2) is 6.18. The van der Waals surface area contributed by atoms with E-state index in [1.165, 1.54) is 6.07 Å². The summed E-state index contributed by atoms with van der Waals surface area (Å²) in [7, 11) is 0. The summed E-state index contributed by atoms with van der Waals surface area (Å²) in [4.78, 5) is 0. The van der Waals surface area contributed by atoms with Crippen LogP contribution in [0.1, 0.15) is 18.5 Å². The van der Waals surface area contributed by atoms with Crippen molar-refractivity contribution in [1.82, 2.24) is 0 Å². The fourth-order valence-electron chi connectivity index (χ4n) is 1.79. The van der Waals surface area contributed by atoms with Crippen LogP contribution in [0, 0.1) is 17.5 Å². The molecule has 1 nitrogen and oxygen atoms in total. The molecule has 6 heteroatoms. The van der Waals surface area contributed by atoms with Crippen molar-refractivity contribution in [3.8, 4) is 0 Å². The largest absolute Gasteiger partial charge is 0.376 e. The Morgan fingerprint density at radius 2 is 1.65 bits per heavy atom. The van der Waals surface area contributed by atoms with Crippen molar-refractivity contribution in [3.63, 3.8) is 0 Å². The number of anilines is 1. The summed E-state index contributed by atoms with van der Waals surface area (Å²) in [5, 5.41) is 2.77. The fraction of sp³-hybridized carbons (Fsp3) is 0.143. The Morgan fingerprint density at radius 1 is 0.950 bits per heavy atom. The van der Waals surface area contributed by atoms with Crippen LogP contribution in [0.4, 0.5) is 18.9 Å². The molecule has 0 saturated carbocycles. The summed E-state index contributed by atoms with van der Waals surface area (Å²) in [5.74, 6) is -1.61. The maximum absolute atomic E-state index is 13.7. The molecule has 0 aromatic heterocycles. The second-order valence-corrected chi connectivity index (χ2v) is 6.05. The molecule has 0 saturated heterocycles. The van der Waals surface area contributed by atoms with Gasteiger partial charge in [-0.05, 0) is 47.1 Å². The molecule has 2 rings (SSSR count). The van der Waals surface area contributed by atoms with Gasteiger partial charge >= 0.3 is 0 Å². The zero-order chi connectivity index (χ0) is 14.9. The zero-order valence-electron chi connectivity index (χ0n) is 10.4. The Hall–Kier alpha value is -1.01. The van der Waals surface area contributed by atoms with Crippen LogP contribution in [-0.2, 0) is 0 Å². The van der Waals surface area contributed by atoms with Crippen molar-refractivity contribution >= 4 is 37.5 Å². The number of rotatable bonds is 3. The van der Waals surface area contributed by atoms with Gasteiger partial charge < -0.3 is 5.32 Å². The van der Waals surface area contributed by atoms with Gasteiger partial charge in [0.2, 0.25) is 0 Å². The van der Waals surface area contributed by atoms with E-state index in [4.69, 9.17) is 0 Å². The summed E-state index contributed by atoms with van der Waals surface area (Å²) in [5.41, 5.74) is 0.347. The van der Waals surface area contributed by atoms with E-state index in [2.05, 4.69) is 37.2 Å². The van der Waals surface area contributed by atoms with Crippen LogP contribution in [0.2, 0.25) is 0 Å². The van der Waals surface area contributed by atoms with Crippen LogP contribution in [0.25, 0.3) is 0 Å². The minimum atomic E-state index is -0.611. The van der Waals surface area contributed by atoms with Gasteiger partial charge in [-0.2, -0.15) is 0 Å². The van der Waals surface area contributed by atoms with E-state index in [1.54, 1.807) is 19.1 Å². The van der Waals surface area contributed by atoms with E-state index < -0.39 is 23.5 Å². The Kier molecular flexibility index (Phi) is 4.75. The molecule has 2 aromatic rings. The molecule has 0 amide bonds. The first-order valence-corrected chi connectivity index (χ1v) is 7.33. The van der Waals surface area contributed by atoms with Gasteiger partial charge in [0.15, 0.2) is 0 Å². The first-order chi connectivity index (χ1) is 9.38. The highest BCUT2D eigenvalue weighted by Crippen LogP contribution is 2.28.